The highest BCUT2D eigenvalue weighted by molar-refractivity contribution is 5.93. The van der Waals surface area contributed by atoms with Crippen molar-refractivity contribution in [2.45, 2.75) is 20.8 Å². The van der Waals surface area contributed by atoms with E-state index in [0.29, 0.717) is 11.5 Å². The number of fused-ring (bicyclic) bond motifs is 3. The molecule has 0 unspecified atom stereocenters. The Hall–Kier alpha value is -2.30. The lowest BCUT2D eigenvalue weighted by atomic mass is 10.1. The molecule has 0 spiro atoms. The molecule has 0 fully saturated rings. The number of rotatable bonds is 1. The number of carbonyl (C=O) groups is 1. The summed E-state index contributed by atoms with van der Waals surface area (Å²) in [5, 5.41) is 9.30. The van der Waals surface area contributed by atoms with Gasteiger partial charge in [0, 0.05) is 5.69 Å². The highest BCUT2D eigenvalue weighted by atomic mass is 16.4. The van der Waals surface area contributed by atoms with Crippen LogP contribution in [-0.4, -0.2) is 25.4 Å². The minimum Gasteiger partial charge on any atom is -0.477 e. The van der Waals surface area contributed by atoms with Crippen LogP contribution in [0, 0.1) is 20.8 Å². The molecule has 2 N–H and O–H groups in total. The van der Waals surface area contributed by atoms with Gasteiger partial charge in [0.1, 0.15) is 0 Å². The van der Waals surface area contributed by atoms with Crippen molar-refractivity contribution in [2.75, 3.05) is 0 Å². The molecule has 0 saturated heterocycles. The first-order valence-electron chi connectivity index (χ1n) is 5.70. The van der Waals surface area contributed by atoms with Crippen LogP contribution in [0.1, 0.15) is 27.3 Å². The fraction of sp³-hybridized carbons (Fsp3) is 0.231. The summed E-state index contributed by atoms with van der Waals surface area (Å²) in [4.78, 5) is 18.8. The highest BCUT2D eigenvalue weighted by Crippen LogP contribution is 2.24. The molecule has 5 heteroatoms. The smallest absolute Gasteiger partial charge is 0.354 e. The number of H-pyrrole nitrogens is 1. The number of carboxylic acids is 1. The number of nitrogens with one attached hydrogen (secondary N) is 1. The molecule has 0 bridgehead atoms. The second-order valence-electron chi connectivity index (χ2n) is 4.62. The normalized spacial score (nSPS) is 11.5. The van der Waals surface area contributed by atoms with E-state index < -0.39 is 5.97 Å². The number of hydrogen-bond acceptors (Lipinski definition) is 2. The maximum absolute atomic E-state index is 11.3. The predicted molar refractivity (Wildman–Crippen MR) is 68.2 cm³/mol. The lowest BCUT2D eigenvalue weighted by Gasteiger charge is -2.00. The molecular formula is C13H13N3O2. The zero-order chi connectivity index (χ0) is 13.0. The van der Waals surface area contributed by atoms with Gasteiger partial charge in [-0.05, 0) is 38.0 Å². The van der Waals surface area contributed by atoms with Crippen LogP contribution in [0.4, 0.5) is 0 Å². The van der Waals surface area contributed by atoms with Crippen LogP contribution in [0.15, 0.2) is 12.1 Å². The molecule has 2 heterocycles. The van der Waals surface area contributed by atoms with E-state index in [2.05, 4.69) is 9.97 Å². The fourth-order valence-electron chi connectivity index (χ4n) is 2.48. The zero-order valence-electron chi connectivity index (χ0n) is 10.4. The highest BCUT2D eigenvalue weighted by Gasteiger charge is 2.19. The van der Waals surface area contributed by atoms with Crippen molar-refractivity contribution < 1.29 is 9.90 Å². The van der Waals surface area contributed by atoms with Crippen LogP contribution in [-0.2, 0) is 0 Å². The van der Waals surface area contributed by atoms with Gasteiger partial charge in [-0.15, -0.1) is 0 Å². The summed E-state index contributed by atoms with van der Waals surface area (Å²) < 4.78 is 1.67. The van der Waals surface area contributed by atoms with Gasteiger partial charge in [-0.25, -0.2) is 9.78 Å². The number of aromatic amines is 1. The molecule has 0 radical (unpaired) electrons. The first-order valence-corrected chi connectivity index (χ1v) is 5.70. The minimum absolute atomic E-state index is 0.248. The van der Waals surface area contributed by atoms with Gasteiger partial charge in [0.25, 0.3) is 0 Å². The van der Waals surface area contributed by atoms with Crippen molar-refractivity contribution >= 4 is 22.8 Å². The molecule has 92 valence electrons. The van der Waals surface area contributed by atoms with Gasteiger partial charge >= 0.3 is 5.97 Å². The minimum atomic E-state index is -0.947. The first kappa shape index (κ1) is 10.8. The first-order chi connectivity index (χ1) is 8.49. The SMILES string of the molecule is Cc1cc(C)c2nc3[nH]c(C)c(C(=O)O)n3c2c1. The van der Waals surface area contributed by atoms with Crippen LogP contribution in [0.2, 0.25) is 0 Å². The summed E-state index contributed by atoms with van der Waals surface area (Å²) in [5.74, 6) is -0.370. The molecule has 3 aromatic rings. The van der Waals surface area contributed by atoms with E-state index in [1.54, 1.807) is 11.3 Å². The van der Waals surface area contributed by atoms with Crippen LogP contribution in [0.5, 0.6) is 0 Å². The second-order valence-corrected chi connectivity index (χ2v) is 4.62. The number of aryl methyl sites for hydroxylation is 3. The van der Waals surface area contributed by atoms with E-state index in [1.807, 2.05) is 26.0 Å². The van der Waals surface area contributed by atoms with E-state index in [0.717, 1.165) is 22.2 Å². The Labute approximate surface area is 103 Å². The van der Waals surface area contributed by atoms with E-state index >= 15 is 0 Å². The summed E-state index contributed by atoms with van der Waals surface area (Å²) in [5.41, 5.74) is 4.69. The van der Waals surface area contributed by atoms with Crippen molar-refractivity contribution in [1.82, 2.24) is 14.4 Å². The average Bonchev–Trinajstić information content (AvgIpc) is 2.73. The number of hydrogen-bond donors (Lipinski definition) is 2. The maximum Gasteiger partial charge on any atom is 0.354 e. The van der Waals surface area contributed by atoms with Crippen LogP contribution < -0.4 is 0 Å². The molecule has 0 aliphatic heterocycles. The topological polar surface area (TPSA) is 70.4 Å². The van der Waals surface area contributed by atoms with E-state index in [1.165, 1.54) is 0 Å². The number of imidazole rings is 2. The molecule has 0 aliphatic carbocycles. The lowest BCUT2D eigenvalue weighted by Crippen LogP contribution is -2.03. The number of benzene rings is 1. The average molecular weight is 243 g/mol. The van der Waals surface area contributed by atoms with Gasteiger partial charge in [-0.2, -0.15) is 0 Å². The predicted octanol–water partition coefficient (Wildman–Crippen LogP) is 2.44. The fourth-order valence-corrected chi connectivity index (χ4v) is 2.48. The van der Waals surface area contributed by atoms with Crippen LogP contribution in [0.25, 0.3) is 16.8 Å². The Bertz CT molecular complexity index is 796. The third-order valence-corrected chi connectivity index (χ3v) is 3.18. The standard InChI is InChI=1S/C13H13N3O2/c1-6-4-7(2)10-9(5-6)16-11(12(17)18)8(3)14-13(16)15-10/h4-5H,1-3H3,(H,14,15)(H,17,18). The molecule has 18 heavy (non-hydrogen) atoms. The Morgan fingerprint density at radius 1 is 1.33 bits per heavy atom. The Morgan fingerprint density at radius 3 is 2.72 bits per heavy atom. The molecule has 0 amide bonds. The third kappa shape index (κ3) is 1.27. The van der Waals surface area contributed by atoms with Crippen molar-refractivity contribution in [3.8, 4) is 0 Å². The molecule has 0 atom stereocenters. The summed E-state index contributed by atoms with van der Waals surface area (Å²) >= 11 is 0. The molecule has 0 aliphatic rings. The molecular weight excluding hydrogens is 230 g/mol. The largest absolute Gasteiger partial charge is 0.477 e. The van der Waals surface area contributed by atoms with Gasteiger partial charge < -0.3 is 10.1 Å². The third-order valence-electron chi connectivity index (χ3n) is 3.18. The number of nitrogens with zero attached hydrogens (tertiary/aromatic N) is 2. The lowest BCUT2D eigenvalue weighted by molar-refractivity contribution is 0.0689. The van der Waals surface area contributed by atoms with Gasteiger partial charge in [-0.1, -0.05) is 6.07 Å². The van der Waals surface area contributed by atoms with Gasteiger partial charge in [-0.3, -0.25) is 4.40 Å². The van der Waals surface area contributed by atoms with Crippen molar-refractivity contribution in [2.24, 2.45) is 0 Å². The molecule has 1 aromatic carbocycles. The van der Waals surface area contributed by atoms with Crippen LogP contribution >= 0.6 is 0 Å². The van der Waals surface area contributed by atoms with E-state index in [-0.39, 0.29) is 5.69 Å². The summed E-state index contributed by atoms with van der Waals surface area (Å²) in [6.45, 7) is 5.72. The zero-order valence-corrected chi connectivity index (χ0v) is 10.4. The number of aromatic carboxylic acids is 1. The molecule has 3 rings (SSSR count). The van der Waals surface area contributed by atoms with Gasteiger partial charge in [0.05, 0.1) is 11.0 Å². The van der Waals surface area contributed by atoms with Crippen molar-refractivity contribution in [3.63, 3.8) is 0 Å². The second kappa shape index (κ2) is 3.35. The van der Waals surface area contributed by atoms with Gasteiger partial charge in [0.2, 0.25) is 5.78 Å². The van der Waals surface area contributed by atoms with E-state index in [9.17, 15) is 9.90 Å². The monoisotopic (exact) mass is 243 g/mol. The maximum atomic E-state index is 11.3. The van der Waals surface area contributed by atoms with Crippen molar-refractivity contribution in [3.05, 3.63) is 34.6 Å². The van der Waals surface area contributed by atoms with Crippen molar-refractivity contribution in [1.29, 1.82) is 0 Å². The Morgan fingerprint density at radius 2 is 2.06 bits per heavy atom. The number of carboxylic acid groups (broad SMARTS) is 1. The summed E-state index contributed by atoms with van der Waals surface area (Å²) in [6, 6.07) is 4.00. The van der Waals surface area contributed by atoms with Gasteiger partial charge in [0.15, 0.2) is 5.69 Å². The van der Waals surface area contributed by atoms with Crippen LogP contribution in [0.3, 0.4) is 0 Å². The quantitative estimate of drug-likeness (QED) is 0.689. The Kier molecular flexibility index (Phi) is 2.02. The Balaban J connectivity index is 2.57. The summed E-state index contributed by atoms with van der Waals surface area (Å²) in [7, 11) is 0. The number of aromatic nitrogens is 3. The molecule has 2 aromatic heterocycles. The molecule has 5 nitrogen and oxygen atoms in total. The summed E-state index contributed by atoms with van der Waals surface area (Å²) in [6.07, 6.45) is 0. The molecule has 0 saturated carbocycles. The van der Waals surface area contributed by atoms with E-state index in [4.69, 9.17) is 0 Å².